The highest BCUT2D eigenvalue weighted by Gasteiger charge is 2.11. The highest BCUT2D eigenvalue weighted by Crippen LogP contribution is 2.23. The number of aryl methyl sites for hydroxylation is 1. The molecule has 0 spiro atoms. The summed E-state index contributed by atoms with van der Waals surface area (Å²) in [7, 11) is 1.82. The summed E-state index contributed by atoms with van der Waals surface area (Å²) in [6, 6.07) is 9.67. The smallest absolute Gasteiger partial charge is 0.238 e. The van der Waals surface area contributed by atoms with E-state index in [1.54, 1.807) is 4.90 Å². The molecule has 0 saturated heterocycles. The van der Waals surface area contributed by atoms with Crippen LogP contribution in [0.15, 0.2) is 24.3 Å². The fraction of sp³-hybridized carbons (Fsp3) is 0.167. The number of nitrogens with two attached hydrogens (primary N) is 1. The monoisotopic (exact) mass is 240 g/mol. The molecule has 2 rings (SSSR count). The number of benzene rings is 1. The predicted molar refractivity (Wildman–Crippen MR) is 68.2 cm³/mol. The number of nitriles is 1. The van der Waals surface area contributed by atoms with Gasteiger partial charge in [-0.05, 0) is 18.6 Å². The van der Waals surface area contributed by atoms with Gasteiger partial charge in [-0.25, -0.2) is 0 Å². The van der Waals surface area contributed by atoms with Crippen molar-refractivity contribution in [1.82, 2.24) is 15.0 Å². The van der Waals surface area contributed by atoms with E-state index in [0.29, 0.717) is 5.95 Å². The lowest BCUT2D eigenvalue weighted by molar-refractivity contribution is 0.973. The number of anilines is 3. The Morgan fingerprint density at radius 3 is 2.61 bits per heavy atom. The van der Waals surface area contributed by atoms with Crippen LogP contribution in [0.3, 0.4) is 0 Å². The Hall–Kier alpha value is -2.68. The standard InChI is InChI=1S/C12H12N6/c1-8-5-3-4-6-9(8)18(2)12-16-10(7-13)15-11(14)17-12/h3-6H,1-2H3,(H2,14,15,16,17). The molecule has 90 valence electrons. The van der Waals surface area contributed by atoms with Crippen LogP contribution in [0.4, 0.5) is 17.6 Å². The molecule has 0 fully saturated rings. The van der Waals surface area contributed by atoms with Crippen molar-refractivity contribution in [2.45, 2.75) is 6.92 Å². The Labute approximate surface area is 105 Å². The molecule has 1 aromatic heterocycles. The second kappa shape index (κ2) is 4.67. The van der Waals surface area contributed by atoms with E-state index in [0.717, 1.165) is 11.3 Å². The van der Waals surface area contributed by atoms with E-state index < -0.39 is 0 Å². The number of nitrogens with zero attached hydrogens (tertiary/aromatic N) is 5. The molecule has 0 aliphatic carbocycles. The van der Waals surface area contributed by atoms with Gasteiger partial charge < -0.3 is 10.6 Å². The maximum absolute atomic E-state index is 8.82. The molecule has 6 heteroatoms. The van der Waals surface area contributed by atoms with Crippen LogP contribution in [0.1, 0.15) is 11.4 Å². The molecule has 0 unspecified atom stereocenters. The van der Waals surface area contributed by atoms with Gasteiger partial charge in [-0.15, -0.1) is 0 Å². The van der Waals surface area contributed by atoms with Crippen molar-refractivity contribution >= 4 is 17.6 Å². The SMILES string of the molecule is Cc1ccccc1N(C)c1nc(N)nc(C#N)n1. The van der Waals surface area contributed by atoms with Crippen molar-refractivity contribution in [1.29, 1.82) is 5.26 Å². The summed E-state index contributed by atoms with van der Waals surface area (Å²) in [5.41, 5.74) is 7.58. The molecule has 0 aliphatic heterocycles. The average Bonchev–Trinajstić information content (AvgIpc) is 2.37. The lowest BCUT2D eigenvalue weighted by Gasteiger charge is -2.19. The molecule has 6 nitrogen and oxygen atoms in total. The van der Waals surface area contributed by atoms with E-state index in [2.05, 4.69) is 15.0 Å². The van der Waals surface area contributed by atoms with Gasteiger partial charge in [0.15, 0.2) is 0 Å². The van der Waals surface area contributed by atoms with Gasteiger partial charge in [0.05, 0.1) is 0 Å². The Morgan fingerprint density at radius 1 is 1.22 bits per heavy atom. The minimum atomic E-state index is 0.0120. The lowest BCUT2D eigenvalue weighted by Crippen LogP contribution is -2.16. The molecule has 0 amide bonds. The number of hydrogen-bond donors (Lipinski definition) is 1. The largest absolute Gasteiger partial charge is 0.368 e. The van der Waals surface area contributed by atoms with Gasteiger partial charge in [0.1, 0.15) is 6.07 Å². The van der Waals surface area contributed by atoms with Crippen LogP contribution >= 0.6 is 0 Å². The summed E-state index contributed by atoms with van der Waals surface area (Å²) in [5.74, 6) is 0.406. The van der Waals surface area contributed by atoms with Crippen molar-refractivity contribution < 1.29 is 0 Å². The maximum Gasteiger partial charge on any atom is 0.238 e. The molecular weight excluding hydrogens is 228 g/mol. The molecule has 0 saturated carbocycles. The summed E-state index contributed by atoms with van der Waals surface area (Å²) in [5, 5.41) is 8.82. The van der Waals surface area contributed by atoms with Crippen LogP contribution in [-0.2, 0) is 0 Å². The molecular formula is C12H12N6. The van der Waals surface area contributed by atoms with Crippen LogP contribution in [0.5, 0.6) is 0 Å². The predicted octanol–water partition coefficient (Wildman–Crippen LogP) is 1.40. The summed E-state index contributed by atoms with van der Waals surface area (Å²) in [4.78, 5) is 13.6. The topological polar surface area (TPSA) is 91.7 Å². The van der Waals surface area contributed by atoms with Gasteiger partial charge in [-0.2, -0.15) is 20.2 Å². The van der Waals surface area contributed by atoms with E-state index in [4.69, 9.17) is 11.0 Å². The van der Waals surface area contributed by atoms with Crippen molar-refractivity contribution in [2.24, 2.45) is 0 Å². The zero-order valence-electron chi connectivity index (χ0n) is 10.1. The molecule has 18 heavy (non-hydrogen) atoms. The van der Waals surface area contributed by atoms with Crippen LogP contribution in [0.2, 0.25) is 0 Å². The quantitative estimate of drug-likeness (QED) is 0.853. The van der Waals surface area contributed by atoms with Crippen molar-refractivity contribution in [3.8, 4) is 6.07 Å². The number of hydrogen-bond acceptors (Lipinski definition) is 6. The minimum Gasteiger partial charge on any atom is -0.368 e. The van der Waals surface area contributed by atoms with Gasteiger partial charge in [-0.3, -0.25) is 0 Å². The molecule has 0 atom stereocenters. The lowest BCUT2D eigenvalue weighted by atomic mass is 10.2. The first-order chi connectivity index (χ1) is 8.61. The van der Waals surface area contributed by atoms with E-state index in [1.165, 1.54) is 0 Å². The van der Waals surface area contributed by atoms with Crippen molar-refractivity contribution in [3.63, 3.8) is 0 Å². The molecule has 2 N–H and O–H groups in total. The second-order valence-electron chi connectivity index (χ2n) is 3.77. The Balaban J connectivity index is 2.47. The van der Waals surface area contributed by atoms with E-state index in [1.807, 2.05) is 44.3 Å². The van der Waals surface area contributed by atoms with Gasteiger partial charge in [0.25, 0.3) is 0 Å². The fourth-order valence-electron chi connectivity index (χ4n) is 1.63. The van der Waals surface area contributed by atoms with E-state index in [9.17, 15) is 0 Å². The molecule has 0 bridgehead atoms. The number of aromatic nitrogens is 3. The Bertz CT molecular complexity index is 616. The number of rotatable bonds is 2. The Morgan fingerprint density at radius 2 is 1.94 bits per heavy atom. The zero-order chi connectivity index (χ0) is 13.1. The van der Waals surface area contributed by atoms with Crippen LogP contribution in [-0.4, -0.2) is 22.0 Å². The van der Waals surface area contributed by atoms with E-state index in [-0.39, 0.29) is 11.8 Å². The molecule has 0 aliphatic rings. The normalized spacial score (nSPS) is 9.83. The van der Waals surface area contributed by atoms with Crippen LogP contribution in [0.25, 0.3) is 0 Å². The van der Waals surface area contributed by atoms with E-state index >= 15 is 0 Å². The highest BCUT2D eigenvalue weighted by molar-refractivity contribution is 5.61. The molecule has 2 aromatic rings. The maximum atomic E-state index is 8.82. The van der Waals surface area contributed by atoms with Crippen molar-refractivity contribution in [2.75, 3.05) is 17.7 Å². The number of nitrogen functional groups attached to an aromatic ring is 1. The minimum absolute atomic E-state index is 0.0120. The highest BCUT2D eigenvalue weighted by atomic mass is 15.3. The van der Waals surface area contributed by atoms with Gasteiger partial charge in [-0.1, -0.05) is 18.2 Å². The summed E-state index contributed by atoms with van der Waals surface area (Å²) in [6.45, 7) is 1.99. The second-order valence-corrected chi connectivity index (χ2v) is 3.77. The first-order valence-electron chi connectivity index (χ1n) is 5.33. The summed E-state index contributed by atoms with van der Waals surface area (Å²) >= 11 is 0. The van der Waals surface area contributed by atoms with Gasteiger partial charge >= 0.3 is 0 Å². The van der Waals surface area contributed by atoms with Gasteiger partial charge in [0, 0.05) is 12.7 Å². The molecule has 1 heterocycles. The third-order valence-corrected chi connectivity index (χ3v) is 2.52. The summed E-state index contributed by atoms with van der Waals surface area (Å²) < 4.78 is 0. The third-order valence-electron chi connectivity index (χ3n) is 2.52. The van der Waals surface area contributed by atoms with Crippen molar-refractivity contribution in [3.05, 3.63) is 35.7 Å². The number of para-hydroxylation sites is 1. The third kappa shape index (κ3) is 2.20. The Kier molecular flexibility index (Phi) is 3.06. The van der Waals surface area contributed by atoms with Crippen LogP contribution < -0.4 is 10.6 Å². The molecule has 0 radical (unpaired) electrons. The van der Waals surface area contributed by atoms with Crippen LogP contribution in [0, 0.1) is 18.3 Å². The zero-order valence-corrected chi connectivity index (χ0v) is 10.1. The summed E-state index contributed by atoms with van der Waals surface area (Å²) in [6.07, 6.45) is 0. The first-order valence-corrected chi connectivity index (χ1v) is 5.33. The first kappa shape index (κ1) is 11.8. The van der Waals surface area contributed by atoms with Gasteiger partial charge in [0.2, 0.25) is 17.7 Å². The molecule has 1 aromatic carbocycles. The average molecular weight is 240 g/mol. The fourth-order valence-corrected chi connectivity index (χ4v) is 1.63.